The Morgan fingerprint density at radius 3 is 2.00 bits per heavy atom. The number of para-hydroxylation sites is 1. The van der Waals surface area contributed by atoms with Crippen LogP contribution < -0.4 is 20.7 Å². The minimum Gasteiger partial charge on any atom is -0.479 e. The molecule has 0 aliphatic carbocycles. The van der Waals surface area contributed by atoms with E-state index in [0.717, 1.165) is 25.1 Å². The predicted octanol–water partition coefficient (Wildman–Crippen LogP) is 2.13. The molecule has 0 heterocycles. The third-order valence-corrected chi connectivity index (χ3v) is 4.89. The zero-order valence-corrected chi connectivity index (χ0v) is 19.8. The summed E-state index contributed by atoms with van der Waals surface area (Å²) < 4.78 is 90.9. The number of carbonyl (C=O) groups excluding carboxylic acids is 4. The van der Waals surface area contributed by atoms with Crippen LogP contribution in [0.15, 0.2) is 24.3 Å². The lowest BCUT2D eigenvalue weighted by atomic mass is 10.1. The first-order valence-electron chi connectivity index (χ1n) is 10.7. The molecule has 0 aromatic heterocycles. The number of methoxy groups -OCH3 is 1. The summed E-state index contributed by atoms with van der Waals surface area (Å²) in [6.45, 7) is -0.118. The van der Waals surface area contributed by atoms with Crippen LogP contribution in [0.5, 0.6) is 5.75 Å². The molecule has 0 saturated carbocycles. The van der Waals surface area contributed by atoms with E-state index in [2.05, 4.69) is 10.1 Å². The summed E-state index contributed by atoms with van der Waals surface area (Å²) in [6, 6.07) is -0.244. The molecular formula is C23H21F6N3O6. The lowest BCUT2D eigenvalue weighted by molar-refractivity contribution is -0.138. The van der Waals surface area contributed by atoms with E-state index >= 15 is 0 Å². The van der Waals surface area contributed by atoms with Crippen molar-refractivity contribution in [2.75, 3.05) is 25.6 Å². The first-order valence-corrected chi connectivity index (χ1v) is 10.7. The van der Waals surface area contributed by atoms with E-state index in [1.807, 2.05) is 5.32 Å². The molecular weight excluding hydrogens is 528 g/mol. The fourth-order valence-electron chi connectivity index (χ4n) is 2.88. The molecule has 9 nitrogen and oxygen atoms in total. The summed E-state index contributed by atoms with van der Waals surface area (Å²) in [7, 11) is 1.26. The summed E-state index contributed by atoms with van der Waals surface area (Å²) in [4.78, 5) is 49.1. The minimum atomic E-state index is -1.88. The van der Waals surface area contributed by atoms with Gasteiger partial charge in [0.05, 0.1) is 6.04 Å². The van der Waals surface area contributed by atoms with Crippen LogP contribution in [0.25, 0.3) is 0 Å². The molecule has 0 fully saturated rings. The summed E-state index contributed by atoms with van der Waals surface area (Å²) in [6.07, 6.45) is -0.194. The topological polar surface area (TPSA) is 123 Å². The first-order chi connectivity index (χ1) is 17.9. The van der Waals surface area contributed by atoms with Gasteiger partial charge in [0.2, 0.25) is 17.5 Å². The Morgan fingerprint density at radius 2 is 1.45 bits per heavy atom. The lowest BCUT2D eigenvalue weighted by Gasteiger charge is -2.21. The van der Waals surface area contributed by atoms with Crippen LogP contribution in [-0.4, -0.2) is 55.9 Å². The highest BCUT2D eigenvalue weighted by atomic mass is 19.2. The van der Waals surface area contributed by atoms with Crippen molar-refractivity contribution in [2.24, 2.45) is 0 Å². The predicted molar refractivity (Wildman–Crippen MR) is 118 cm³/mol. The summed E-state index contributed by atoms with van der Waals surface area (Å²) in [5, 5.41) is 5.89. The van der Waals surface area contributed by atoms with Crippen molar-refractivity contribution in [1.82, 2.24) is 10.6 Å². The van der Waals surface area contributed by atoms with E-state index in [4.69, 9.17) is 4.74 Å². The van der Waals surface area contributed by atoms with E-state index in [1.165, 1.54) is 7.11 Å². The molecule has 0 aliphatic rings. The SMILES string of the molecule is COCC[C@H](NC(=O)[C@H](C)NC(=O)C(=O)Nc1c(F)cccc1F)C(=O)COc1c(F)c(F)cc(F)c1F. The maximum atomic E-state index is 13.8. The third-order valence-electron chi connectivity index (χ3n) is 4.89. The second-order valence-electron chi connectivity index (χ2n) is 7.64. The van der Waals surface area contributed by atoms with Gasteiger partial charge >= 0.3 is 11.8 Å². The molecule has 2 rings (SSSR count). The van der Waals surface area contributed by atoms with Gasteiger partial charge in [-0.05, 0) is 25.5 Å². The fourth-order valence-corrected chi connectivity index (χ4v) is 2.88. The number of hydrogen-bond donors (Lipinski definition) is 3. The minimum absolute atomic E-state index is 0.0518. The molecule has 0 unspecified atom stereocenters. The molecule has 0 radical (unpaired) electrons. The van der Waals surface area contributed by atoms with Gasteiger partial charge in [-0.1, -0.05) is 6.07 Å². The smallest absolute Gasteiger partial charge is 0.313 e. The molecule has 15 heteroatoms. The molecule has 0 saturated heterocycles. The zero-order chi connectivity index (χ0) is 28.6. The Bertz CT molecular complexity index is 1180. The van der Waals surface area contributed by atoms with Gasteiger partial charge in [-0.3, -0.25) is 19.2 Å². The number of ether oxygens (including phenoxy) is 2. The molecule has 2 atom stereocenters. The van der Waals surface area contributed by atoms with Crippen LogP contribution in [0.1, 0.15) is 13.3 Å². The van der Waals surface area contributed by atoms with Gasteiger partial charge < -0.3 is 25.4 Å². The van der Waals surface area contributed by atoms with Crippen molar-refractivity contribution in [1.29, 1.82) is 0 Å². The Balaban J connectivity index is 2.02. The Hall–Kier alpha value is -4.14. The Labute approximate surface area is 211 Å². The monoisotopic (exact) mass is 549 g/mol. The molecule has 0 bridgehead atoms. The Kier molecular flexibility index (Phi) is 10.6. The van der Waals surface area contributed by atoms with Crippen LogP contribution in [0.3, 0.4) is 0 Å². The van der Waals surface area contributed by atoms with Gasteiger partial charge in [0, 0.05) is 19.8 Å². The van der Waals surface area contributed by atoms with Gasteiger partial charge in [0.25, 0.3) is 0 Å². The number of halogens is 6. The number of Topliss-reactive ketones (excluding diaryl/α,β-unsaturated/α-hetero) is 1. The third kappa shape index (κ3) is 7.68. The van der Waals surface area contributed by atoms with E-state index in [-0.39, 0.29) is 19.1 Å². The summed E-state index contributed by atoms with van der Waals surface area (Å²) in [5.74, 6) is -16.0. The van der Waals surface area contributed by atoms with Crippen molar-refractivity contribution in [3.63, 3.8) is 0 Å². The van der Waals surface area contributed by atoms with Crippen LogP contribution >= 0.6 is 0 Å². The highest BCUT2D eigenvalue weighted by molar-refractivity contribution is 6.40. The second kappa shape index (κ2) is 13.4. The van der Waals surface area contributed by atoms with Crippen LogP contribution in [-0.2, 0) is 23.9 Å². The van der Waals surface area contributed by atoms with Gasteiger partial charge in [0.15, 0.2) is 23.2 Å². The molecule has 0 aliphatic heterocycles. The summed E-state index contributed by atoms with van der Waals surface area (Å²) >= 11 is 0. The largest absolute Gasteiger partial charge is 0.479 e. The van der Waals surface area contributed by atoms with Gasteiger partial charge in [-0.15, -0.1) is 0 Å². The van der Waals surface area contributed by atoms with E-state index in [0.29, 0.717) is 0 Å². The van der Waals surface area contributed by atoms with E-state index in [9.17, 15) is 45.5 Å². The van der Waals surface area contributed by atoms with Crippen LogP contribution in [0, 0.1) is 34.9 Å². The van der Waals surface area contributed by atoms with Crippen molar-refractivity contribution >= 4 is 29.2 Å². The molecule has 3 N–H and O–H groups in total. The number of anilines is 1. The van der Waals surface area contributed by atoms with Crippen molar-refractivity contribution in [3.05, 3.63) is 59.2 Å². The molecule has 3 amide bonds. The maximum absolute atomic E-state index is 13.8. The standard InChI is InChI=1S/C23H21F6N3O6/c1-10(30-22(35)23(36)32-19-11(24)4-3-5-12(19)25)21(34)31-15(6-7-37-2)16(33)9-38-20-17(28)13(26)8-14(27)18(20)29/h3-5,8,10,15H,6-7,9H2,1-2H3,(H,30,35)(H,31,34)(H,32,36)/t10-,15-/m0/s1. The molecule has 0 spiro atoms. The van der Waals surface area contributed by atoms with Gasteiger partial charge in [0.1, 0.15) is 30.0 Å². The number of carbonyl (C=O) groups is 4. The maximum Gasteiger partial charge on any atom is 0.313 e. The molecule has 38 heavy (non-hydrogen) atoms. The van der Waals surface area contributed by atoms with Gasteiger partial charge in [-0.2, -0.15) is 8.78 Å². The molecule has 2 aromatic rings. The van der Waals surface area contributed by atoms with Gasteiger partial charge in [-0.25, -0.2) is 17.6 Å². The number of ketones is 1. The molecule has 206 valence electrons. The first kappa shape index (κ1) is 30.1. The lowest BCUT2D eigenvalue weighted by Crippen LogP contribution is -2.53. The fraction of sp³-hybridized carbons (Fsp3) is 0.304. The zero-order valence-electron chi connectivity index (χ0n) is 19.8. The van der Waals surface area contributed by atoms with Crippen LogP contribution in [0.2, 0.25) is 0 Å². The Morgan fingerprint density at radius 1 is 0.868 bits per heavy atom. The van der Waals surface area contributed by atoms with E-state index < -0.39 is 88.5 Å². The number of rotatable bonds is 11. The number of benzene rings is 2. The van der Waals surface area contributed by atoms with E-state index in [1.54, 1.807) is 5.32 Å². The average Bonchev–Trinajstić information content (AvgIpc) is 2.86. The van der Waals surface area contributed by atoms with Crippen molar-refractivity contribution in [2.45, 2.75) is 25.4 Å². The second-order valence-corrected chi connectivity index (χ2v) is 7.64. The van der Waals surface area contributed by atoms with Crippen LogP contribution in [0.4, 0.5) is 32.0 Å². The highest BCUT2D eigenvalue weighted by Gasteiger charge is 2.28. The number of nitrogens with one attached hydrogen (secondary N) is 3. The average molecular weight is 549 g/mol. The van der Waals surface area contributed by atoms with Crippen molar-refractivity contribution in [3.8, 4) is 5.75 Å². The van der Waals surface area contributed by atoms with Crippen molar-refractivity contribution < 1.29 is 55.0 Å². The number of hydrogen-bond acceptors (Lipinski definition) is 6. The highest BCUT2D eigenvalue weighted by Crippen LogP contribution is 2.26. The quantitative estimate of drug-likeness (QED) is 0.224. The normalized spacial score (nSPS) is 12.3. The molecule has 2 aromatic carbocycles. The number of amides is 3. The summed E-state index contributed by atoms with van der Waals surface area (Å²) in [5.41, 5.74) is -0.888.